The van der Waals surface area contributed by atoms with Gasteiger partial charge in [0.1, 0.15) is 0 Å². The minimum Gasteiger partial charge on any atom is -0.348 e. The first kappa shape index (κ1) is 13.7. The van der Waals surface area contributed by atoms with Gasteiger partial charge < -0.3 is 11.1 Å². The van der Waals surface area contributed by atoms with Gasteiger partial charge in [0.15, 0.2) is 0 Å². The largest absolute Gasteiger partial charge is 0.348 e. The van der Waals surface area contributed by atoms with Crippen LogP contribution in [0.4, 0.5) is 0 Å². The van der Waals surface area contributed by atoms with Crippen molar-refractivity contribution in [3.05, 3.63) is 35.9 Å². The Hall–Kier alpha value is -1.35. The molecule has 3 nitrogen and oxygen atoms in total. The highest BCUT2D eigenvalue weighted by atomic mass is 16.2. The van der Waals surface area contributed by atoms with Crippen LogP contribution < -0.4 is 11.1 Å². The molecule has 0 saturated carbocycles. The molecule has 3 heteroatoms. The molecule has 1 rings (SSSR count). The smallest absolute Gasteiger partial charge is 0.237 e. The molecule has 94 valence electrons. The lowest BCUT2D eigenvalue weighted by Crippen LogP contribution is -2.41. The van der Waals surface area contributed by atoms with E-state index in [0.29, 0.717) is 0 Å². The van der Waals surface area contributed by atoms with E-state index in [-0.39, 0.29) is 18.0 Å². The van der Waals surface area contributed by atoms with E-state index in [0.717, 1.165) is 24.8 Å². The highest BCUT2D eigenvalue weighted by molar-refractivity contribution is 5.81. The van der Waals surface area contributed by atoms with E-state index >= 15 is 0 Å². The van der Waals surface area contributed by atoms with Crippen molar-refractivity contribution < 1.29 is 4.79 Å². The van der Waals surface area contributed by atoms with Crippen molar-refractivity contribution >= 4 is 5.91 Å². The molecule has 1 aromatic rings. The Kier molecular flexibility index (Phi) is 5.70. The first-order valence-electron chi connectivity index (χ1n) is 6.26. The lowest BCUT2D eigenvalue weighted by Gasteiger charge is -2.17. The molecule has 0 aliphatic rings. The fourth-order valence-corrected chi connectivity index (χ4v) is 1.70. The molecule has 17 heavy (non-hydrogen) atoms. The molecule has 0 aromatic heterocycles. The summed E-state index contributed by atoms with van der Waals surface area (Å²) in [6.45, 7) is 4.07. The van der Waals surface area contributed by atoms with Crippen LogP contribution >= 0.6 is 0 Å². The summed E-state index contributed by atoms with van der Waals surface area (Å²) in [4.78, 5) is 11.8. The monoisotopic (exact) mass is 234 g/mol. The van der Waals surface area contributed by atoms with Gasteiger partial charge in [0, 0.05) is 0 Å². The quantitative estimate of drug-likeness (QED) is 0.794. The van der Waals surface area contributed by atoms with Crippen molar-refractivity contribution in [2.24, 2.45) is 5.73 Å². The third-order valence-electron chi connectivity index (χ3n) is 2.86. The average molecular weight is 234 g/mol. The number of amides is 1. The number of carbonyl (C=O) groups is 1. The van der Waals surface area contributed by atoms with Gasteiger partial charge in [-0.3, -0.25) is 4.79 Å². The lowest BCUT2D eigenvalue weighted by atomic mass is 10.1. The zero-order chi connectivity index (χ0) is 12.7. The number of benzene rings is 1. The number of hydrogen-bond donors (Lipinski definition) is 2. The number of hydrogen-bond acceptors (Lipinski definition) is 2. The van der Waals surface area contributed by atoms with Crippen LogP contribution in [0.2, 0.25) is 0 Å². The van der Waals surface area contributed by atoms with Gasteiger partial charge in [0.05, 0.1) is 12.1 Å². The average Bonchev–Trinajstić information content (AvgIpc) is 2.36. The molecule has 0 heterocycles. The Labute approximate surface area is 103 Å². The molecular weight excluding hydrogens is 212 g/mol. The Morgan fingerprint density at radius 2 is 2.00 bits per heavy atom. The van der Waals surface area contributed by atoms with Crippen LogP contribution in [0, 0.1) is 0 Å². The minimum absolute atomic E-state index is 0.0105. The second-order valence-electron chi connectivity index (χ2n) is 4.39. The van der Waals surface area contributed by atoms with Gasteiger partial charge in [0.2, 0.25) is 5.91 Å². The third-order valence-corrected chi connectivity index (χ3v) is 2.86. The van der Waals surface area contributed by atoms with Crippen LogP contribution in [0.1, 0.15) is 44.7 Å². The Morgan fingerprint density at radius 1 is 1.35 bits per heavy atom. The summed E-state index contributed by atoms with van der Waals surface area (Å²) in [5.41, 5.74) is 6.92. The van der Waals surface area contributed by atoms with Gasteiger partial charge in [-0.25, -0.2) is 0 Å². The van der Waals surface area contributed by atoms with E-state index in [4.69, 9.17) is 5.73 Å². The SMILES string of the molecule is CCCC[C@H](N)C(=O)NC(C)c1ccccc1. The van der Waals surface area contributed by atoms with Crippen molar-refractivity contribution in [3.8, 4) is 0 Å². The first-order valence-corrected chi connectivity index (χ1v) is 6.26. The summed E-state index contributed by atoms with van der Waals surface area (Å²) in [6, 6.07) is 9.53. The summed E-state index contributed by atoms with van der Waals surface area (Å²) >= 11 is 0. The van der Waals surface area contributed by atoms with Gasteiger partial charge in [-0.05, 0) is 18.9 Å². The van der Waals surface area contributed by atoms with Crippen LogP contribution in [0.15, 0.2) is 30.3 Å². The highest BCUT2D eigenvalue weighted by Crippen LogP contribution is 2.11. The molecule has 0 fully saturated rings. The molecule has 0 bridgehead atoms. The predicted molar refractivity (Wildman–Crippen MR) is 70.5 cm³/mol. The van der Waals surface area contributed by atoms with E-state index in [1.807, 2.05) is 37.3 Å². The molecule has 0 spiro atoms. The van der Waals surface area contributed by atoms with Gasteiger partial charge >= 0.3 is 0 Å². The van der Waals surface area contributed by atoms with Gasteiger partial charge in [-0.2, -0.15) is 0 Å². The third kappa shape index (κ3) is 4.57. The lowest BCUT2D eigenvalue weighted by molar-refractivity contribution is -0.123. The zero-order valence-corrected chi connectivity index (χ0v) is 10.6. The fourth-order valence-electron chi connectivity index (χ4n) is 1.70. The number of carbonyl (C=O) groups excluding carboxylic acids is 1. The van der Waals surface area contributed by atoms with Crippen LogP contribution in [-0.2, 0) is 4.79 Å². The van der Waals surface area contributed by atoms with Gasteiger partial charge in [-0.15, -0.1) is 0 Å². The highest BCUT2D eigenvalue weighted by Gasteiger charge is 2.15. The maximum atomic E-state index is 11.8. The summed E-state index contributed by atoms with van der Waals surface area (Å²) in [7, 11) is 0. The van der Waals surface area contributed by atoms with Crippen LogP contribution in [0.25, 0.3) is 0 Å². The molecule has 1 aromatic carbocycles. The second-order valence-corrected chi connectivity index (χ2v) is 4.39. The Balaban J connectivity index is 2.46. The molecule has 3 N–H and O–H groups in total. The maximum absolute atomic E-state index is 11.8. The number of nitrogens with two attached hydrogens (primary N) is 1. The van der Waals surface area contributed by atoms with E-state index in [9.17, 15) is 4.79 Å². The molecule has 1 unspecified atom stereocenters. The van der Waals surface area contributed by atoms with Crippen molar-refractivity contribution in [3.63, 3.8) is 0 Å². The van der Waals surface area contributed by atoms with Crippen molar-refractivity contribution in [2.75, 3.05) is 0 Å². The fraction of sp³-hybridized carbons (Fsp3) is 0.500. The van der Waals surface area contributed by atoms with Crippen molar-refractivity contribution in [2.45, 2.75) is 45.2 Å². The van der Waals surface area contributed by atoms with E-state index in [1.54, 1.807) is 0 Å². The molecule has 2 atom stereocenters. The molecule has 0 radical (unpaired) electrons. The standard InChI is InChI=1S/C14H22N2O/c1-3-4-10-13(15)14(17)16-11(2)12-8-6-5-7-9-12/h5-9,11,13H,3-4,10,15H2,1-2H3,(H,16,17)/t11?,13-/m0/s1. The van der Waals surface area contributed by atoms with Crippen molar-refractivity contribution in [1.29, 1.82) is 0 Å². The Morgan fingerprint density at radius 3 is 2.59 bits per heavy atom. The van der Waals surface area contributed by atoms with E-state index in [1.165, 1.54) is 0 Å². The molecule has 0 aliphatic carbocycles. The molecule has 0 saturated heterocycles. The second kappa shape index (κ2) is 7.07. The minimum atomic E-state index is -0.388. The maximum Gasteiger partial charge on any atom is 0.237 e. The number of rotatable bonds is 6. The predicted octanol–water partition coefficient (Wildman–Crippen LogP) is 2.38. The zero-order valence-electron chi connectivity index (χ0n) is 10.6. The van der Waals surface area contributed by atoms with E-state index in [2.05, 4.69) is 12.2 Å². The van der Waals surface area contributed by atoms with Crippen LogP contribution in [-0.4, -0.2) is 11.9 Å². The summed E-state index contributed by atoms with van der Waals surface area (Å²) in [6.07, 6.45) is 2.81. The normalized spacial score (nSPS) is 14.1. The van der Waals surface area contributed by atoms with Gasteiger partial charge in [-0.1, -0.05) is 50.1 Å². The topological polar surface area (TPSA) is 55.1 Å². The number of nitrogens with one attached hydrogen (secondary N) is 1. The molecule has 1 amide bonds. The molecular formula is C14H22N2O. The molecule has 0 aliphatic heterocycles. The van der Waals surface area contributed by atoms with Crippen LogP contribution in [0.5, 0.6) is 0 Å². The van der Waals surface area contributed by atoms with Gasteiger partial charge in [0.25, 0.3) is 0 Å². The summed E-state index contributed by atoms with van der Waals surface area (Å²) in [5, 5.41) is 2.94. The number of unbranched alkanes of at least 4 members (excludes halogenated alkanes) is 1. The van der Waals surface area contributed by atoms with Crippen LogP contribution in [0.3, 0.4) is 0 Å². The van der Waals surface area contributed by atoms with Crippen molar-refractivity contribution in [1.82, 2.24) is 5.32 Å². The summed E-state index contributed by atoms with van der Waals surface area (Å²) in [5.74, 6) is -0.0604. The summed E-state index contributed by atoms with van der Waals surface area (Å²) < 4.78 is 0. The Bertz CT molecular complexity index is 337. The van der Waals surface area contributed by atoms with E-state index < -0.39 is 0 Å². The first-order chi connectivity index (χ1) is 8.15.